The largest absolute Gasteiger partial charge is 0.493 e. The highest BCUT2D eigenvalue weighted by Crippen LogP contribution is 2.28. The maximum Gasteiger partial charge on any atom is 0.222 e. The first-order chi connectivity index (χ1) is 12.4. The van der Waals surface area contributed by atoms with Gasteiger partial charge in [0.05, 0.1) is 13.7 Å². The van der Waals surface area contributed by atoms with Crippen molar-refractivity contribution in [2.75, 3.05) is 26.8 Å². The molecule has 1 amide bonds. The van der Waals surface area contributed by atoms with Crippen LogP contribution in [0, 0.1) is 5.92 Å². The third-order valence-corrected chi connectivity index (χ3v) is 5.00. The Hall–Kier alpha value is -2.08. The first-order valence-electron chi connectivity index (χ1n) is 9.27. The van der Waals surface area contributed by atoms with Crippen LogP contribution in [-0.2, 0) is 4.79 Å². The van der Waals surface area contributed by atoms with Crippen molar-refractivity contribution in [3.8, 4) is 11.5 Å². The molecule has 26 heavy (non-hydrogen) atoms. The fraction of sp³-hybridized carbons (Fsp3) is 0.600. The lowest BCUT2D eigenvalue weighted by molar-refractivity contribution is -0.132. The molecule has 1 aliphatic rings. The van der Waals surface area contributed by atoms with Crippen LogP contribution in [0.2, 0.25) is 0 Å². The van der Waals surface area contributed by atoms with Crippen molar-refractivity contribution in [1.82, 2.24) is 4.90 Å². The van der Waals surface area contributed by atoms with Gasteiger partial charge in [-0.1, -0.05) is 0 Å². The zero-order valence-electron chi connectivity index (χ0n) is 16.0. The number of carbonyl (C=O) groups is 2. The van der Waals surface area contributed by atoms with Crippen LogP contribution < -0.4 is 15.2 Å². The van der Waals surface area contributed by atoms with Crippen LogP contribution >= 0.6 is 0 Å². The van der Waals surface area contributed by atoms with Crippen LogP contribution in [0.5, 0.6) is 11.5 Å². The first kappa shape index (κ1) is 20.2. The predicted octanol–water partition coefficient (Wildman–Crippen LogP) is 2.64. The molecule has 144 valence electrons. The lowest BCUT2D eigenvalue weighted by Gasteiger charge is -2.33. The Labute approximate surface area is 155 Å². The molecule has 6 nitrogen and oxygen atoms in total. The molecule has 1 saturated heterocycles. The molecule has 6 heteroatoms. The summed E-state index contributed by atoms with van der Waals surface area (Å²) in [7, 11) is 1.54. The van der Waals surface area contributed by atoms with Crippen molar-refractivity contribution < 1.29 is 19.1 Å². The van der Waals surface area contributed by atoms with E-state index >= 15 is 0 Å². The number of carbonyl (C=O) groups excluding carboxylic acids is 2. The number of hydrogen-bond acceptors (Lipinski definition) is 5. The lowest BCUT2D eigenvalue weighted by Crippen LogP contribution is -2.42. The van der Waals surface area contributed by atoms with E-state index in [4.69, 9.17) is 15.2 Å². The van der Waals surface area contributed by atoms with Crippen LogP contribution in [0.15, 0.2) is 18.2 Å². The van der Waals surface area contributed by atoms with Gasteiger partial charge in [0.15, 0.2) is 17.3 Å². The Kier molecular flexibility index (Phi) is 7.45. The van der Waals surface area contributed by atoms with Crippen LogP contribution in [0.4, 0.5) is 0 Å². The fourth-order valence-corrected chi connectivity index (χ4v) is 3.24. The molecule has 0 spiro atoms. The van der Waals surface area contributed by atoms with E-state index in [1.54, 1.807) is 25.3 Å². The molecule has 1 fully saturated rings. The zero-order chi connectivity index (χ0) is 19.1. The van der Waals surface area contributed by atoms with Gasteiger partial charge in [0, 0.05) is 31.1 Å². The number of amides is 1. The minimum atomic E-state index is -0.0201. The molecular weight excluding hydrogens is 332 g/mol. The molecule has 1 unspecified atom stereocenters. The van der Waals surface area contributed by atoms with Crippen molar-refractivity contribution in [2.24, 2.45) is 11.7 Å². The predicted molar refractivity (Wildman–Crippen MR) is 101 cm³/mol. The van der Waals surface area contributed by atoms with Crippen molar-refractivity contribution in [1.29, 1.82) is 0 Å². The summed E-state index contributed by atoms with van der Waals surface area (Å²) in [6, 6.07) is 5.32. The Balaban J connectivity index is 1.75. The average Bonchev–Trinajstić information content (AvgIpc) is 2.64. The summed E-state index contributed by atoms with van der Waals surface area (Å²) in [6.07, 6.45) is 3.08. The number of likely N-dealkylation sites (tertiary alicyclic amines) is 1. The highest BCUT2D eigenvalue weighted by Gasteiger charge is 2.24. The van der Waals surface area contributed by atoms with E-state index in [-0.39, 0.29) is 17.7 Å². The fourth-order valence-electron chi connectivity index (χ4n) is 3.24. The molecule has 1 aromatic carbocycles. The third-order valence-electron chi connectivity index (χ3n) is 5.00. The summed E-state index contributed by atoms with van der Waals surface area (Å²) in [5, 5.41) is 0. The number of hydrogen-bond donors (Lipinski definition) is 1. The summed E-state index contributed by atoms with van der Waals surface area (Å²) in [5.41, 5.74) is 6.53. The molecule has 1 heterocycles. The molecule has 0 radical (unpaired) electrons. The molecule has 0 saturated carbocycles. The van der Waals surface area contributed by atoms with Crippen molar-refractivity contribution in [3.63, 3.8) is 0 Å². The van der Waals surface area contributed by atoms with E-state index in [9.17, 15) is 9.59 Å². The van der Waals surface area contributed by atoms with Crippen LogP contribution in [0.3, 0.4) is 0 Å². The van der Waals surface area contributed by atoms with Gasteiger partial charge in [0.2, 0.25) is 5.91 Å². The van der Waals surface area contributed by atoms with E-state index in [2.05, 4.69) is 0 Å². The molecule has 1 atom stereocenters. The van der Waals surface area contributed by atoms with E-state index in [1.807, 2.05) is 11.8 Å². The van der Waals surface area contributed by atoms with Gasteiger partial charge in [-0.25, -0.2) is 0 Å². The van der Waals surface area contributed by atoms with Gasteiger partial charge in [-0.05, 0) is 57.2 Å². The Bertz CT molecular complexity index is 622. The minimum Gasteiger partial charge on any atom is -0.493 e. The number of piperidine rings is 1. The van der Waals surface area contributed by atoms with Gasteiger partial charge in [0.1, 0.15) is 0 Å². The van der Waals surface area contributed by atoms with Gasteiger partial charge in [-0.2, -0.15) is 0 Å². The minimum absolute atomic E-state index is 0.0201. The molecule has 1 aromatic rings. The summed E-state index contributed by atoms with van der Waals surface area (Å²) >= 11 is 0. The number of rotatable bonds is 8. The molecule has 0 aliphatic carbocycles. The summed E-state index contributed by atoms with van der Waals surface area (Å²) in [5.74, 6) is 1.79. The quantitative estimate of drug-likeness (QED) is 0.568. The van der Waals surface area contributed by atoms with Gasteiger partial charge >= 0.3 is 0 Å². The zero-order valence-corrected chi connectivity index (χ0v) is 16.0. The third kappa shape index (κ3) is 5.46. The highest BCUT2D eigenvalue weighted by molar-refractivity contribution is 5.94. The summed E-state index contributed by atoms with van der Waals surface area (Å²) in [6.45, 7) is 5.57. The van der Waals surface area contributed by atoms with Gasteiger partial charge in [0.25, 0.3) is 0 Å². The second-order valence-electron chi connectivity index (χ2n) is 6.95. The van der Waals surface area contributed by atoms with Gasteiger partial charge in [-0.15, -0.1) is 0 Å². The maximum absolute atomic E-state index is 12.3. The number of nitrogens with two attached hydrogens (primary N) is 1. The summed E-state index contributed by atoms with van der Waals surface area (Å²) in [4.78, 5) is 25.7. The Morgan fingerprint density at radius 3 is 2.54 bits per heavy atom. The first-order valence-corrected chi connectivity index (χ1v) is 9.27. The number of methoxy groups -OCH3 is 1. The lowest BCUT2D eigenvalue weighted by atomic mass is 9.91. The summed E-state index contributed by atoms with van der Waals surface area (Å²) < 4.78 is 11.0. The molecule has 1 aliphatic heterocycles. The molecular formula is C20H30N2O4. The average molecular weight is 362 g/mol. The van der Waals surface area contributed by atoms with Crippen molar-refractivity contribution in [3.05, 3.63) is 23.8 Å². The molecule has 0 aromatic heterocycles. The molecule has 0 bridgehead atoms. The highest BCUT2D eigenvalue weighted by atomic mass is 16.5. The number of benzene rings is 1. The van der Waals surface area contributed by atoms with Crippen LogP contribution in [0.25, 0.3) is 0 Å². The number of nitrogens with zero attached hydrogens (tertiary/aromatic N) is 1. The normalized spacial score (nSPS) is 16.2. The van der Waals surface area contributed by atoms with E-state index in [0.717, 1.165) is 25.9 Å². The Morgan fingerprint density at radius 1 is 1.27 bits per heavy atom. The topological polar surface area (TPSA) is 81.9 Å². The standard InChI is InChI=1S/C20H30N2O4/c1-14(21)16-8-10-22(11-9-16)20(24)5-4-12-26-18-7-6-17(15(2)23)13-19(18)25-3/h6-7,13-14,16H,4-5,8-12,21H2,1-3H3. The monoisotopic (exact) mass is 362 g/mol. The van der Waals surface area contributed by atoms with Gasteiger partial charge < -0.3 is 20.1 Å². The van der Waals surface area contributed by atoms with Gasteiger partial charge in [-0.3, -0.25) is 9.59 Å². The molecule has 2 N–H and O–H groups in total. The van der Waals surface area contributed by atoms with E-state index in [0.29, 0.717) is 42.4 Å². The Morgan fingerprint density at radius 2 is 1.96 bits per heavy atom. The smallest absolute Gasteiger partial charge is 0.222 e. The number of ether oxygens (including phenoxy) is 2. The second-order valence-corrected chi connectivity index (χ2v) is 6.95. The van der Waals surface area contributed by atoms with Crippen molar-refractivity contribution >= 4 is 11.7 Å². The van der Waals surface area contributed by atoms with Crippen molar-refractivity contribution in [2.45, 2.75) is 45.6 Å². The van der Waals surface area contributed by atoms with Crippen LogP contribution in [0.1, 0.15) is 49.9 Å². The molecule has 2 rings (SSSR count). The number of ketones is 1. The maximum atomic E-state index is 12.3. The SMILES string of the molecule is COc1cc(C(C)=O)ccc1OCCCC(=O)N1CCC(C(C)N)CC1. The van der Waals surface area contributed by atoms with E-state index < -0.39 is 0 Å². The second kappa shape index (κ2) is 9.57. The van der Waals surface area contributed by atoms with E-state index in [1.165, 1.54) is 6.92 Å². The number of Topliss-reactive ketones (excluding diaryl/α,β-unsaturated/α-hetero) is 1. The van der Waals surface area contributed by atoms with Crippen LogP contribution in [-0.4, -0.2) is 49.4 Å².